The first-order valence-corrected chi connectivity index (χ1v) is 10.0. The highest BCUT2D eigenvalue weighted by Crippen LogP contribution is 2.48. The number of nitrogens with zero attached hydrogens (tertiary/aromatic N) is 1. The lowest BCUT2D eigenvalue weighted by atomic mass is 9.82. The molecule has 0 amide bonds. The van der Waals surface area contributed by atoms with Crippen molar-refractivity contribution < 1.29 is 0 Å². The van der Waals surface area contributed by atoms with Crippen molar-refractivity contribution in [3.05, 3.63) is 0 Å². The molecule has 20 heavy (non-hydrogen) atoms. The Morgan fingerprint density at radius 1 is 1.20 bits per heavy atom. The van der Waals surface area contributed by atoms with Gasteiger partial charge in [-0.25, -0.2) is 0 Å². The lowest BCUT2D eigenvalue weighted by molar-refractivity contribution is 0.0924. The van der Waals surface area contributed by atoms with Gasteiger partial charge < -0.3 is 5.32 Å². The summed E-state index contributed by atoms with van der Waals surface area (Å²) in [6, 6.07) is 1.55. The minimum absolute atomic E-state index is 0.627. The molecule has 0 bridgehead atoms. The molecule has 0 aromatic heterocycles. The van der Waals surface area contributed by atoms with Gasteiger partial charge in [-0.2, -0.15) is 11.8 Å². The summed E-state index contributed by atoms with van der Waals surface area (Å²) in [5, 5.41) is 3.90. The van der Waals surface area contributed by atoms with Crippen LogP contribution in [0.4, 0.5) is 0 Å². The first kappa shape index (κ1) is 15.2. The van der Waals surface area contributed by atoms with Crippen LogP contribution in [0.3, 0.4) is 0 Å². The third kappa shape index (κ3) is 3.36. The van der Waals surface area contributed by atoms with E-state index in [0.29, 0.717) is 4.75 Å². The summed E-state index contributed by atoms with van der Waals surface area (Å²) in [5.74, 6) is 0.952. The van der Waals surface area contributed by atoms with Gasteiger partial charge in [0.25, 0.3) is 0 Å². The molecule has 2 atom stereocenters. The molecule has 2 nitrogen and oxygen atoms in total. The van der Waals surface area contributed by atoms with Crippen molar-refractivity contribution in [2.24, 2.45) is 5.92 Å². The molecule has 2 aliphatic carbocycles. The van der Waals surface area contributed by atoms with E-state index >= 15 is 0 Å². The molecule has 116 valence electrons. The van der Waals surface area contributed by atoms with E-state index in [2.05, 4.69) is 35.2 Å². The van der Waals surface area contributed by atoms with Gasteiger partial charge in [-0.15, -0.1) is 0 Å². The van der Waals surface area contributed by atoms with Gasteiger partial charge in [0.05, 0.1) is 0 Å². The quantitative estimate of drug-likeness (QED) is 0.836. The van der Waals surface area contributed by atoms with Crippen LogP contribution in [0, 0.1) is 5.92 Å². The SMILES string of the molecule is CCC1CNC(C2CCCCC2)CN1CC1(SC)CC1. The van der Waals surface area contributed by atoms with Gasteiger partial charge in [0.2, 0.25) is 0 Å². The molecule has 2 saturated carbocycles. The third-order valence-corrected chi connectivity index (χ3v) is 7.39. The van der Waals surface area contributed by atoms with Crippen LogP contribution in [0.25, 0.3) is 0 Å². The van der Waals surface area contributed by atoms with Crippen LogP contribution in [-0.4, -0.2) is 47.6 Å². The van der Waals surface area contributed by atoms with Gasteiger partial charge in [0.1, 0.15) is 0 Å². The van der Waals surface area contributed by atoms with Crippen molar-refractivity contribution >= 4 is 11.8 Å². The summed E-state index contributed by atoms with van der Waals surface area (Å²) in [5.41, 5.74) is 0. The normalized spacial score (nSPS) is 35.1. The van der Waals surface area contributed by atoms with E-state index < -0.39 is 0 Å². The Morgan fingerprint density at radius 2 is 1.95 bits per heavy atom. The molecule has 1 N–H and O–H groups in total. The van der Waals surface area contributed by atoms with Gasteiger partial charge in [0.15, 0.2) is 0 Å². The third-order valence-electron chi connectivity index (χ3n) is 5.99. The minimum atomic E-state index is 0.627. The number of thioether (sulfide) groups is 1. The zero-order chi connectivity index (χ0) is 14.0. The number of rotatable bonds is 5. The summed E-state index contributed by atoms with van der Waals surface area (Å²) < 4.78 is 0.627. The van der Waals surface area contributed by atoms with E-state index in [1.807, 2.05) is 0 Å². The first-order valence-electron chi connectivity index (χ1n) is 8.79. The van der Waals surface area contributed by atoms with Crippen LogP contribution < -0.4 is 5.32 Å². The Hall–Kier alpha value is 0.270. The van der Waals surface area contributed by atoms with E-state index in [4.69, 9.17) is 0 Å². The molecule has 3 fully saturated rings. The van der Waals surface area contributed by atoms with Crippen molar-refractivity contribution in [3.8, 4) is 0 Å². The standard InChI is InChI=1S/C17H32N2S/c1-3-15-11-18-16(14-7-5-4-6-8-14)12-19(15)13-17(20-2)9-10-17/h14-16,18H,3-13H2,1-2H3. The van der Waals surface area contributed by atoms with Crippen molar-refractivity contribution in [3.63, 3.8) is 0 Å². The zero-order valence-electron chi connectivity index (χ0n) is 13.4. The molecule has 3 rings (SSSR count). The fourth-order valence-electron chi connectivity index (χ4n) is 4.27. The smallest absolute Gasteiger partial charge is 0.0285 e. The Labute approximate surface area is 129 Å². The molecule has 0 aromatic carbocycles. The van der Waals surface area contributed by atoms with Gasteiger partial charge >= 0.3 is 0 Å². The molecule has 1 saturated heterocycles. The van der Waals surface area contributed by atoms with Gasteiger partial charge in [-0.05, 0) is 44.3 Å². The molecule has 1 aliphatic heterocycles. The van der Waals surface area contributed by atoms with E-state index in [-0.39, 0.29) is 0 Å². The second-order valence-electron chi connectivity index (χ2n) is 7.29. The number of piperazine rings is 1. The van der Waals surface area contributed by atoms with E-state index in [0.717, 1.165) is 18.0 Å². The maximum atomic E-state index is 3.90. The highest BCUT2D eigenvalue weighted by molar-refractivity contribution is 8.00. The summed E-state index contributed by atoms with van der Waals surface area (Å²) in [7, 11) is 0. The summed E-state index contributed by atoms with van der Waals surface area (Å²) in [6.07, 6.45) is 13.9. The number of nitrogens with one attached hydrogen (secondary N) is 1. The Balaban J connectivity index is 1.59. The second-order valence-corrected chi connectivity index (χ2v) is 8.57. The van der Waals surface area contributed by atoms with Gasteiger partial charge in [0, 0.05) is 36.5 Å². The first-order chi connectivity index (χ1) is 9.76. The maximum absolute atomic E-state index is 3.90. The molecular weight excluding hydrogens is 264 g/mol. The average molecular weight is 297 g/mol. The Morgan fingerprint density at radius 3 is 2.55 bits per heavy atom. The van der Waals surface area contributed by atoms with Crippen LogP contribution in [-0.2, 0) is 0 Å². The summed E-state index contributed by atoms with van der Waals surface area (Å²) >= 11 is 2.12. The van der Waals surface area contributed by atoms with E-state index in [9.17, 15) is 0 Å². The molecule has 0 aromatic rings. The molecule has 0 radical (unpaired) electrons. The van der Waals surface area contributed by atoms with E-state index in [1.54, 1.807) is 0 Å². The lowest BCUT2D eigenvalue weighted by Crippen LogP contribution is -2.60. The summed E-state index contributed by atoms with van der Waals surface area (Å²) in [4.78, 5) is 2.85. The maximum Gasteiger partial charge on any atom is 0.0285 e. The van der Waals surface area contributed by atoms with Crippen LogP contribution in [0.5, 0.6) is 0 Å². The lowest BCUT2D eigenvalue weighted by Gasteiger charge is -2.45. The monoisotopic (exact) mass is 296 g/mol. The molecule has 0 spiro atoms. The largest absolute Gasteiger partial charge is 0.311 e. The number of hydrogen-bond donors (Lipinski definition) is 1. The van der Waals surface area contributed by atoms with Crippen LogP contribution in [0.1, 0.15) is 58.3 Å². The molecule has 3 aliphatic rings. The van der Waals surface area contributed by atoms with Crippen LogP contribution >= 0.6 is 11.8 Å². The minimum Gasteiger partial charge on any atom is -0.311 e. The van der Waals surface area contributed by atoms with Crippen LogP contribution in [0.2, 0.25) is 0 Å². The average Bonchev–Trinajstić information content (AvgIpc) is 3.28. The summed E-state index contributed by atoms with van der Waals surface area (Å²) in [6.45, 7) is 6.24. The fraction of sp³-hybridized carbons (Fsp3) is 1.00. The molecule has 3 heteroatoms. The van der Waals surface area contributed by atoms with Crippen molar-refractivity contribution in [1.82, 2.24) is 10.2 Å². The fourth-order valence-corrected chi connectivity index (χ4v) is 5.07. The molecule has 1 heterocycles. The van der Waals surface area contributed by atoms with Gasteiger partial charge in [-0.1, -0.05) is 26.2 Å². The molecule has 2 unspecified atom stereocenters. The predicted molar refractivity (Wildman–Crippen MR) is 89.5 cm³/mol. The molecular formula is C17H32N2S. The van der Waals surface area contributed by atoms with Crippen molar-refractivity contribution in [2.45, 2.75) is 75.1 Å². The predicted octanol–water partition coefficient (Wildman–Crippen LogP) is 3.51. The Bertz CT molecular complexity index is 310. The highest BCUT2D eigenvalue weighted by Gasteiger charge is 2.45. The highest BCUT2D eigenvalue weighted by atomic mass is 32.2. The zero-order valence-corrected chi connectivity index (χ0v) is 14.2. The Kier molecular flexibility index (Phi) is 4.99. The second kappa shape index (κ2) is 6.58. The van der Waals surface area contributed by atoms with Crippen molar-refractivity contribution in [2.75, 3.05) is 25.9 Å². The number of hydrogen-bond acceptors (Lipinski definition) is 3. The topological polar surface area (TPSA) is 15.3 Å². The van der Waals surface area contributed by atoms with Gasteiger partial charge in [-0.3, -0.25) is 4.90 Å². The van der Waals surface area contributed by atoms with Crippen molar-refractivity contribution in [1.29, 1.82) is 0 Å². The van der Waals surface area contributed by atoms with E-state index in [1.165, 1.54) is 71.0 Å². The van der Waals surface area contributed by atoms with Crippen LogP contribution in [0.15, 0.2) is 0 Å².